The molecule has 1 atom stereocenters. The number of H-pyrrole nitrogens is 1. The molecule has 0 spiro atoms. The Labute approximate surface area is 192 Å². The van der Waals surface area contributed by atoms with Crippen LogP contribution in [0.25, 0.3) is 16.6 Å². The highest BCUT2D eigenvalue weighted by atomic mass is 32.2. The van der Waals surface area contributed by atoms with Crippen molar-refractivity contribution in [2.24, 2.45) is 0 Å². The third kappa shape index (κ3) is 4.56. The van der Waals surface area contributed by atoms with Crippen LogP contribution in [0.3, 0.4) is 0 Å². The molecule has 12 heteroatoms. The van der Waals surface area contributed by atoms with E-state index < -0.39 is 34.1 Å². The number of halogens is 1. The number of carbonyl (C=O) groups excluding carboxylic acids is 1. The molecule has 170 valence electrons. The average Bonchev–Trinajstić information content (AvgIpc) is 3.21. The molecule has 2 aromatic carbocycles. The minimum Gasteiger partial charge on any atom is -0.386 e. The molecule has 4 N–H and O–H groups in total. The quantitative estimate of drug-likeness (QED) is 0.344. The predicted octanol–water partition coefficient (Wildman–Crippen LogP) is 3.07. The second-order valence-corrected chi connectivity index (χ2v) is 9.66. The van der Waals surface area contributed by atoms with E-state index >= 15 is 0 Å². The van der Waals surface area contributed by atoms with Crippen LogP contribution >= 0.6 is 11.3 Å². The topological polar surface area (TPSA) is 125 Å². The van der Waals surface area contributed by atoms with Gasteiger partial charge in [-0.05, 0) is 55.5 Å². The number of amides is 2. The maximum atomic E-state index is 14.1. The van der Waals surface area contributed by atoms with Gasteiger partial charge in [0.25, 0.3) is 5.56 Å². The summed E-state index contributed by atoms with van der Waals surface area (Å²) in [7, 11) is -0.166. The number of nitrogens with one attached hydrogen (secondary N) is 4. The number of anilines is 2. The summed E-state index contributed by atoms with van der Waals surface area (Å²) in [6.07, 6.45) is 0. The van der Waals surface area contributed by atoms with Crippen LogP contribution in [0, 0.1) is 12.7 Å². The fourth-order valence-corrected chi connectivity index (χ4v) is 5.08. The largest absolute Gasteiger partial charge is 0.386 e. The van der Waals surface area contributed by atoms with E-state index in [1.54, 1.807) is 12.1 Å². The van der Waals surface area contributed by atoms with Gasteiger partial charge in [-0.1, -0.05) is 0 Å². The average molecular weight is 488 g/mol. The number of carbonyl (C=O) groups is 1. The second-order valence-electron chi connectivity index (χ2n) is 6.94. The number of thiophene rings is 1. The number of aryl methyl sites for hydroxylation is 1. The SMILES string of the molecule is CNc1cc2[nH]c(=O)n(-c3ccc(NC(=O)NS(=O)c4ccc(C)s4)cc3)c(=O)c2cc1F. The maximum absolute atomic E-state index is 14.1. The molecular formula is C21H18FN5O4S2. The van der Waals surface area contributed by atoms with E-state index in [4.69, 9.17) is 0 Å². The highest BCUT2D eigenvalue weighted by Crippen LogP contribution is 2.20. The summed E-state index contributed by atoms with van der Waals surface area (Å²) in [6.45, 7) is 1.87. The van der Waals surface area contributed by atoms with Gasteiger partial charge in [-0.15, -0.1) is 11.3 Å². The third-order valence-corrected chi connectivity index (χ3v) is 7.09. The van der Waals surface area contributed by atoms with E-state index in [1.807, 2.05) is 6.92 Å². The highest BCUT2D eigenvalue weighted by Gasteiger charge is 2.14. The van der Waals surface area contributed by atoms with Gasteiger partial charge in [-0.2, -0.15) is 0 Å². The van der Waals surface area contributed by atoms with Gasteiger partial charge in [0.05, 0.1) is 22.3 Å². The van der Waals surface area contributed by atoms with Gasteiger partial charge < -0.3 is 15.6 Å². The first-order valence-corrected chi connectivity index (χ1v) is 11.6. The number of benzene rings is 2. The van der Waals surface area contributed by atoms with Crippen molar-refractivity contribution in [2.75, 3.05) is 17.7 Å². The molecule has 0 aliphatic rings. The number of hydrogen-bond donors (Lipinski definition) is 4. The first-order chi connectivity index (χ1) is 15.8. The lowest BCUT2D eigenvalue weighted by Gasteiger charge is -2.10. The fourth-order valence-electron chi connectivity index (χ4n) is 3.16. The zero-order valence-corrected chi connectivity index (χ0v) is 19.0. The molecule has 4 aromatic rings. The normalized spacial score (nSPS) is 11.8. The van der Waals surface area contributed by atoms with E-state index in [0.29, 0.717) is 9.90 Å². The first kappa shape index (κ1) is 22.4. The van der Waals surface area contributed by atoms with Crippen molar-refractivity contribution in [1.82, 2.24) is 14.3 Å². The van der Waals surface area contributed by atoms with E-state index in [0.717, 1.165) is 15.5 Å². The lowest BCUT2D eigenvalue weighted by molar-refractivity contribution is 0.257. The number of urea groups is 1. The highest BCUT2D eigenvalue weighted by molar-refractivity contribution is 7.86. The van der Waals surface area contributed by atoms with Crippen LogP contribution in [0.4, 0.5) is 20.6 Å². The molecule has 2 aromatic heterocycles. The molecule has 0 fully saturated rings. The Morgan fingerprint density at radius 3 is 2.48 bits per heavy atom. The summed E-state index contributed by atoms with van der Waals surface area (Å²) in [5, 5.41) is 5.20. The summed E-state index contributed by atoms with van der Waals surface area (Å²) in [4.78, 5) is 41.1. The van der Waals surface area contributed by atoms with Crippen LogP contribution in [-0.2, 0) is 11.0 Å². The summed E-state index contributed by atoms with van der Waals surface area (Å²) in [6, 6.07) is 11.1. The van der Waals surface area contributed by atoms with E-state index in [9.17, 15) is 23.0 Å². The molecule has 0 bridgehead atoms. The van der Waals surface area contributed by atoms with Crippen LogP contribution in [0.5, 0.6) is 0 Å². The number of hydrogen-bond acceptors (Lipinski definition) is 6. The standard InChI is InChI=1S/C21H18FN5O4S2/c1-11-3-8-18(32-11)33(31)26-20(29)24-12-4-6-13(7-5-12)27-19(28)14-9-15(22)17(23-2)10-16(14)25-21(27)30/h3-10,23H,1-2H3,(H,25,30)(H2,24,26,29). The van der Waals surface area contributed by atoms with Gasteiger partial charge >= 0.3 is 11.7 Å². The summed E-state index contributed by atoms with van der Waals surface area (Å²) >= 11 is 1.32. The van der Waals surface area contributed by atoms with E-state index in [1.165, 1.54) is 48.7 Å². The Kier molecular flexibility index (Phi) is 6.11. The molecule has 0 saturated heterocycles. The Balaban J connectivity index is 1.56. The van der Waals surface area contributed by atoms with Crippen LogP contribution in [0.15, 0.2) is 62.3 Å². The Bertz CT molecular complexity index is 1510. The number of aromatic nitrogens is 2. The van der Waals surface area contributed by atoms with Crippen molar-refractivity contribution < 1.29 is 13.4 Å². The molecule has 1 unspecified atom stereocenters. The lowest BCUT2D eigenvalue weighted by atomic mass is 10.2. The number of fused-ring (bicyclic) bond motifs is 1. The molecule has 0 radical (unpaired) electrons. The molecule has 2 amide bonds. The molecule has 2 heterocycles. The minimum atomic E-state index is -1.69. The minimum absolute atomic E-state index is 0.0129. The molecule has 0 saturated carbocycles. The molecule has 9 nitrogen and oxygen atoms in total. The summed E-state index contributed by atoms with van der Waals surface area (Å²) in [5.74, 6) is -0.624. The Morgan fingerprint density at radius 2 is 1.85 bits per heavy atom. The third-order valence-electron chi connectivity index (χ3n) is 4.72. The van der Waals surface area contributed by atoms with Crippen LogP contribution in [0.1, 0.15) is 4.88 Å². The number of aromatic amines is 1. The van der Waals surface area contributed by atoms with Gasteiger partial charge in [-0.3, -0.25) is 9.52 Å². The molecule has 0 aliphatic heterocycles. The van der Waals surface area contributed by atoms with Crippen LogP contribution in [-0.4, -0.2) is 26.8 Å². The molecule has 4 rings (SSSR count). The number of nitrogens with zero attached hydrogens (tertiary/aromatic N) is 1. The van der Waals surface area contributed by atoms with Gasteiger partial charge in [-0.25, -0.2) is 22.8 Å². The Morgan fingerprint density at radius 1 is 1.12 bits per heavy atom. The fraction of sp³-hybridized carbons (Fsp3) is 0.0952. The summed E-state index contributed by atoms with van der Waals surface area (Å²) < 4.78 is 30.1. The monoisotopic (exact) mass is 487 g/mol. The molecule has 33 heavy (non-hydrogen) atoms. The van der Waals surface area contributed by atoms with Crippen molar-refractivity contribution in [2.45, 2.75) is 11.1 Å². The molecular weight excluding hydrogens is 469 g/mol. The summed E-state index contributed by atoms with van der Waals surface area (Å²) in [5.41, 5.74) is -0.442. The van der Waals surface area contributed by atoms with Gasteiger partial charge in [0.15, 0.2) is 11.0 Å². The van der Waals surface area contributed by atoms with Crippen molar-refractivity contribution >= 4 is 50.6 Å². The van der Waals surface area contributed by atoms with Gasteiger partial charge in [0.2, 0.25) is 0 Å². The second kappa shape index (κ2) is 9.00. The van der Waals surface area contributed by atoms with Gasteiger partial charge in [0.1, 0.15) is 10.0 Å². The predicted molar refractivity (Wildman–Crippen MR) is 127 cm³/mol. The van der Waals surface area contributed by atoms with Crippen molar-refractivity contribution in [3.63, 3.8) is 0 Å². The maximum Gasteiger partial charge on any atom is 0.333 e. The van der Waals surface area contributed by atoms with Crippen molar-refractivity contribution in [1.29, 1.82) is 0 Å². The lowest BCUT2D eigenvalue weighted by Crippen LogP contribution is -2.33. The first-order valence-electron chi connectivity index (χ1n) is 9.59. The Hall–Kier alpha value is -3.77. The van der Waals surface area contributed by atoms with Crippen LogP contribution < -0.4 is 26.6 Å². The van der Waals surface area contributed by atoms with Gasteiger partial charge in [0, 0.05) is 17.6 Å². The van der Waals surface area contributed by atoms with Crippen molar-refractivity contribution in [3.8, 4) is 5.69 Å². The van der Waals surface area contributed by atoms with E-state index in [2.05, 4.69) is 20.3 Å². The van der Waals surface area contributed by atoms with Crippen LogP contribution in [0.2, 0.25) is 0 Å². The zero-order chi connectivity index (χ0) is 23.7. The number of rotatable bonds is 5. The molecule has 0 aliphatic carbocycles. The zero-order valence-electron chi connectivity index (χ0n) is 17.4. The van der Waals surface area contributed by atoms with Crippen molar-refractivity contribution in [3.05, 3.63) is 80.1 Å². The smallest absolute Gasteiger partial charge is 0.333 e. The van der Waals surface area contributed by atoms with E-state index in [-0.39, 0.29) is 22.3 Å².